The number of thiol groups is 1. The molecule has 2 atom stereocenters. The Hall–Kier alpha value is -1.13. The van der Waals surface area contributed by atoms with Crippen LogP contribution >= 0.6 is 28.8 Å². The van der Waals surface area contributed by atoms with Crippen LogP contribution in [0.1, 0.15) is 25.1 Å². The topological polar surface area (TPSA) is 83.4 Å². The number of nitrogens with zero attached hydrogens (tertiary/aromatic N) is 2. The summed E-state index contributed by atoms with van der Waals surface area (Å²) < 4.78 is 7.40. The maximum Gasteiger partial charge on any atom is 0.353 e. The fourth-order valence-corrected chi connectivity index (χ4v) is 2.83. The predicted octanol–water partition coefficient (Wildman–Crippen LogP) is 2.28. The van der Waals surface area contributed by atoms with Crippen LogP contribution in [0, 0.1) is 0 Å². The highest BCUT2D eigenvalue weighted by Crippen LogP contribution is 2.36. The molecule has 0 bridgehead atoms. The molecule has 2 rings (SSSR count). The molecule has 0 aromatic heterocycles. The highest BCUT2D eigenvalue weighted by Gasteiger charge is 2.43. The summed E-state index contributed by atoms with van der Waals surface area (Å²) in [4.78, 5) is 15.9. The van der Waals surface area contributed by atoms with E-state index in [0.717, 1.165) is 5.56 Å². The normalized spacial score (nSPS) is 26.1. The van der Waals surface area contributed by atoms with Crippen LogP contribution in [-0.4, -0.2) is 32.5 Å². The number of hydrogen-bond donors (Lipinski definition) is 3. The molecule has 2 unspecified atom stereocenters. The molecule has 9 heteroatoms. The minimum Gasteiger partial charge on any atom is -0.477 e. The van der Waals surface area contributed by atoms with Crippen molar-refractivity contribution in [2.45, 2.75) is 24.6 Å². The highest BCUT2D eigenvalue weighted by molar-refractivity contribution is 9.07. The van der Waals surface area contributed by atoms with Gasteiger partial charge in [-0.05, 0) is 12.0 Å². The molecule has 1 aliphatic rings. The molecule has 22 heavy (non-hydrogen) atoms. The fraction of sp³-hybridized carbons (Fsp3) is 0.385. The Morgan fingerprint density at radius 2 is 2.27 bits per heavy atom. The molecule has 0 aliphatic carbocycles. The lowest BCUT2D eigenvalue weighted by Gasteiger charge is -2.20. The van der Waals surface area contributed by atoms with Gasteiger partial charge < -0.3 is 14.7 Å². The number of hydrogen-bond acceptors (Lipinski definition) is 7. The number of nitrogens with one attached hydrogen (secondary N) is 1. The summed E-state index contributed by atoms with van der Waals surface area (Å²) in [5.74, 6) is -1.11. The molecule has 1 aromatic carbocycles. The molecule has 1 heterocycles. The van der Waals surface area contributed by atoms with Gasteiger partial charge >= 0.3 is 5.97 Å². The predicted molar refractivity (Wildman–Crippen MR) is 87.2 cm³/mol. The van der Waals surface area contributed by atoms with Crippen molar-refractivity contribution in [3.8, 4) is 0 Å². The number of oxime groups is 1. The minimum absolute atomic E-state index is 0.0646. The van der Waals surface area contributed by atoms with Gasteiger partial charge in [-0.25, -0.2) is 4.79 Å². The first-order valence-corrected chi connectivity index (χ1v) is 7.71. The second-order valence-electron chi connectivity index (χ2n) is 4.56. The molecule has 0 radical (unpaired) electrons. The van der Waals surface area contributed by atoms with E-state index >= 15 is 0 Å². The molecule has 1 aromatic rings. The lowest BCUT2D eigenvalue weighted by atomic mass is 10.2. The van der Waals surface area contributed by atoms with Crippen molar-refractivity contribution in [1.82, 2.24) is 9.46 Å². The van der Waals surface area contributed by atoms with E-state index in [9.17, 15) is 4.79 Å². The number of carboxylic acids is 1. The number of rotatable bonds is 6. The van der Waals surface area contributed by atoms with E-state index in [-0.39, 0.29) is 18.7 Å². The van der Waals surface area contributed by atoms with Gasteiger partial charge in [-0.1, -0.05) is 42.4 Å². The summed E-state index contributed by atoms with van der Waals surface area (Å²) in [6, 6.07) is 9.55. The Kier molecular flexibility index (Phi) is 5.81. The lowest BCUT2D eigenvalue weighted by molar-refractivity contribution is -0.129. The van der Waals surface area contributed by atoms with Gasteiger partial charge in [0.25, 0.3) is 0 Å². The average Bonchev–Trinajstić information content (AvgIpc) is 2.79. The van der Waals surface area contributed by atoms with Crippen LogP contribution < -0.4 is 5.43 Å². The lowest BCUT2D eigenvalue weighted by Crippen LogP contribution is -2.42. The van der Waals surface area contributed by atoms with Crippen molar-refractivity contribution in [3.63, 3.8) is 0 Å². The van der Waals surface area contributed by atoms with Crippen LogP contribution in [0.25, 0.3) is 0 Å². The Morgan fingerprint density at radius 1 is 1.59 bits per heavy atom. The number of benzene rings is 1. The summed E-state index contributed by atoms with van der Waals surface area (Å²) >= 11 is 7.72. The van der Waals surface area contributed by atoms with Gasteiger partial charge in [0.2, 0.25) is 5.06 Å². The van der Waals surface area contributed by atoms with Crippen LogP contribution in [0.4, 0.5) is 0 Å². The molecule has 120 valence electrons. The number of carbonyl (C=O) groups is 1. The second-order valence-corrected chi connectivity index (χ2v) is 6.04. The molecule has 1 aliphatic heterocycles. The third kappa shape index (κ3) is 4.20. The van der Waals surface area contributed by atoms with E-state index in [4.69, 9.17) is 14.7 Å². The maximum atomic E-state index is 10.8. The first-order valence-electron chi connectivity index (χ1n) is 6.55. The highest BCUT2D eigenvalue weighted by atomic mass is 79.9. The Bertz CT molecular complexity index is 559. The molecule has 0 amide bonds. The minimum atomic E-state index is -1.13. The second kappa shape index (κ2) is 7.42. The van der Waals surface area contributed by atoms with Gasteiger partial charge in [0, 0.05) is 16.1 Å². The van der Waals surface area contributed by atoms with E-state index < -0.39 is 17.3 Å². The average molecular weight is 390 g/mol. The van der Waals surface area contributed by atoms with Crippen LogP contribution in [0.3, 0.4) is 0 Å². The number of hydrazine groups is 1. The van der Waals surface area contributed by atoms with Crippen LogP contribution in [0.15, 0.2) is 35.5 Å². The molecular weight excluding hydrogens is 374 g/mol. The van der Waals surface area contributed by atoms with Crippen LogP contribution in [0.5, 0.6) is 0 Å². The number of halogens is 1. The zero-order valence-corrected chi connectivity index (χ0v) is 14.3. The monoisotopic (exact) mass is 389 g/mol. The Labute approximate surface area is 142 Å². The smallest absolute Gasteiger partial charge is 0.353 e. The van der Waals surface area contributed by atoms with E-state index in [0.29, 0.717) is 0 Å². The first kappa shape index (κ1) is 17.2. The van der Waals surface area contributed by atoms with Crippen molar-refractivity contribution >= 4 is 40.5 Å². The van der Waals surface area contributed by atoms with Crippen molar-refractivity contribution in [2.75, 3.05) is 6.61 Å². The summed E-state index contributed by atoms with van der Waals surface area (Å²) in [5, 5.41) is 11.3. The Morgan fingerprint density at radius 3 is 2.86 bits per heavy atom. The zero-order valence-electron chi connectivity index (χ0n) is 11.8. The molecule has 7 nitrogen and oxygen atoms in total. The standard InChI is InChI=1S/C13H16BrN3O4S/c1-2-10(12(18)19)15-20-8-13(22)16-17(14)11(21-13)9-6-4-3-5-7-9/h3-7,11,16,22H,2,8H2,1H3,(H,18,19). The SMILES string of the molecule is CCC(=NOCC1(S)NN(Br)C(c2ccccc2)O1)C(=O)O. The summed E-state index contributed by atoms with van der Waals surface area (Å²) in [7, 11) is 0. The van der Waals surface area contributed by atoms with Gasteiger partial charge in [-0.15, -0.1) is 16.7 Å². The van der Waals surface area contributed by atoms with Crippen molar-refractivity contribution < 1.29 is 19.5 Å². The molecule has 0 spiro atoms. The van der Waals surface area contributed by atoms with Gasteiger partial charge in [0.15, 0.2) is 18.5 Å². The number of ether oxygens (including phenoxy) is 1. The summed E-state index contributed by atoms with van der Waals surface area (Å²) in [6.07, 6.45) is -0.142. The van der Waals surface area contributed by atoms with Crippen molar-refractivity contribution in [1.29, 1.82) is 0 Å². The largest absolute Gasteiger partial charge is 0.477 e. The van der Waals surface area contributed by atoms with Gasteiger partial charge in [0.1, 0.15) is 0 Å². The molecule has 0 saturated carbocycles. The molecule has 1 saturated heterocycles. The third-order valence-electron chi connectivity index (χ3n) is 2.90. The molecule has 2 N–H and O–H groups in total. The number of aliphatic carboxylic acids is 1. The van der Waals surface area contributed by atoms with Crippen LogP contribution in [-0.2, 0) is 14.4 Å². The van der Waals surface area contributed by atoms with E-state index in [1.165, 1.54) is 0 Å². The zero-order chi connectivity index (χ0) is 16.2. The van der Waals surface area contributed by atoms with Gasteiger partial charge in [0.05, 0.1) is 0 Å². The van der Waals surface area contributed by atoms with Gasteiger partial charge in [-0.3, -0.25) is 0 Å². The number of carboxylic acid groups (broad SMARTS) is 1. The molecule has 1 fully saturated rings. The maximum absolute atomic E-state index is 10.8. The van der Waals surface area contributed by atoms with E-state index in [1.54, 1.807) is 11.0 Å². The fourth-order valence-electron chi connectivity index (χ4n) is 1.82. The summed E-state index contributed by atoms with van der Waals surface area (Å²) in [5.41, 5.74) is 3.81. The van der Waals surface area contributed by atoms with E-state index in [1.807, 2.05) is 30.3 Å². The van der Waals surface area contributed by atoms with Gasteiger partial charge in [-0.2, -0.15) is 5.43 Å². The van der Waals surface area contributed by atoms with Crippen molar-refractivity contribution in [3.05, 3.63) is 35.9 Å². The third-order valence-corrected chi connectivity index (χ3v) is 3.78. The summed E-state index contributed by atoms with van der Waals surface area (Å²) in [6.45, 7) is 1.61. The van der Waals surface area contributed by atoms with E-state index in [2.05, 4.69) is 39.4 Å². The Balaban J connectivity index is 1.99. The van der Waals surface area contributed by atoms with Crippen molar-refractivity contribution in [2.24, 2.45) is 5.16 Å². The molecular formula is C13H16BrN3O4S. The first-order chi connectivity index (χ1) is 10.4. The van der Waals surface area contributed by atoms with Crippen LogP contribution in [0.2, 0.25) is 0 Å². The quantitative estimate of drug-likeness (QED) is 0.299.